The number of para-hydroxylation sites is 2. The second kappa shape index (κ2) is 6.54. The molecule has 6 rings (SSSR count). The largest absolute Gasteiger partial charge is 0.480 e. The van der Waals surface area contributed by atoms with Gasteiger partial charge in [-0.1, -0.05) is 36.4 Å². The Morgan fingerprint density at radius 3 is 2.66 bits per heavy atom. The Morgan fingerprint density at radius 1 is 1.06 bits per heavy atom. The van der Waals surface area contributed by atoms with Crippen LogP contribution in [-0.2, 0) is 20.8 Å². The lowest BCUT2D eigenvalue weighted by Gasteiger charge is -2.29. The standard InChI is InChI=1S/C24H19N3O5/c28-21-18-19(22(29)26-21)24(23(30)31,10-13-11-25-15-7-3-2-6-14(13)15)27-20(18)17-9-12-5-1-4-8-16(12)32-17/h1-9,11,18-20,25,27H,10H2,(H,30,31)(H,26,28,29). The van der Waals surface area contributed by atoms with E-state index in [1.807, 2.05) is 48.5 Å². The second-order valence-electron chi connectivity index (χ2n) is 8.48. The Kier molecular flexibility index (Phi) is 3.85. The molecular formula is C24H19N3O5. The van der Waals surface area contributed by atoms with Crippen LogP contribution in [0.1, 0.15) is 17.4 Å². The predicted octanol–water partition coefficient (Wildman–Crippen LogP) is 2.51. The third kappa shape index (κ3) is 2.50. The highest BCUT2D eigenvalue weighted by molar-refractivity contribution is 6.09. The molecule has 0 saturated carbocycles. The predicted molar refractivity (Wildman–Crippen MR) is 115 cm³/mol. The van der Waals surface area contributed by atoms with E-state index in [2.05, 4.69) is 15.6 Å². The first-order chi connectivity index (χ1) is 15.5. The molecular weight excluding hydrogens is 410 g/mol. The summed E-state index contributed by atoms with van der Waals surface area (Å²) < 4.78 is 5.97. The molecule has 2 aromatic heterocycles. The number of carboxylic acid groups (broad SMARTS) is 1. The van der Waals surface area contributed by atoms with Gasteiger partial charge in [-0.3, -0.25) is 25.0 Å². The van der Waals surface area contributed by atoms with E-state index in [1.165, 1.54) is 0 Å². The van der Waals surface area contributed by atoms with Gasteiger partial charge in [0.05, 0.1) is 17.9 Å². The van der Waals surface area contributed by atoms with Crippen molar-refractivity contribution in [1.82, 2.24) is 15.6 Å². The summed E-state index contributed by atoms with van der Waals surface area (Å²) in [4.78, 5) is 41.5. The van der Waals surface area contributed by atoms with Crippen LogP contribution in [0, 0.1) is 11.8 Å². The molecule has 2 saturated heterocycles. The number of hydrogen-bond acceptors (Lipinski definition) is 5. The van der Waals surface area contributed by atoms with E-state index >= 15 is 0 Å². The summed E-state index contributed by atoms with van der Waals surface area (Å²) in [6.07, 6.45) is 1.79. The zero-order valence-electron chi connectivity index (χ0n) is 16.8. The van der Waals surface area contributed by atoms with Crippen molar-refractivity contribution in [2.75, 3.05) is 0 Å². The van der Waals surface area contributed by atoms with Gasteiger partial charge in [-0.25, -0.2) is 0 Å². The summed E-state index contributed by atoms with van der Waals surface area (Å²) in [5.74, 6) is -3.76. The van der Waals surface area contributed by atoms with Gasteiger partial charge < -0.3 is 14.5 Å². The molecule has 2 aliphatic rings. The fourth-order valence-electron chi connectivity index (χ4n) is 5.34. The molecule has 4 atom stereocenters. The number of rotatable bonds is 4. The Bertz CT molecular complexity index is 1390. The third-order valence-electron chi connectivity index (χ3n) is 6.77. The minimum atomic E-state index is -1.67. The minimum absolute atomic E-state index is 0.0327. The third-order valence-corrected chi connectivity index (χ3v) is 6.77. The van der Waals surface area contributed by atoms with Crippen molar-refractivity contribution >= 4 is 39.7 Å². The lowest BCUT2D eigenvalue weighted by Crippen LogP contribution is -2.57. The number of carbonyl (C=O) groups excluding carboxylic acids is 2. The Labute approximate surface area is 181 Å². The molecule has 0 bridgehead atoms. The van der Waals surface area contributed by atoms with Crippen LogP contribution < -0.4 is 10.6 Å². The number of carboxylic acids is 1. The molecule has 4 aromatic rings. The maximum absolute atomic E-state index is 12.9. The number of carbonyl (C=O) groups is 3. The van der Waals surface area contributed by atoms with Crippen LogP contribution in [-0.4, -0.2) is 33.4 Å². The zero-order valence-corrected chi connectivity index (χ0v) is 16.8. The van der Waals surface area contributed by atoms with Gasteiger partial charge in [0.1, 0.15) is 16.9 Å². The summed E-state index contributed by atoms with van der Waals surface area (Å²) in [6, 6.07) is 16.0. The molecule has 2 fully saturated rings. The molecule has 32 heavy (non-hydrogen) atoms. The molecule has 2 aromatic carbocycles. The lowest BCUT2D eigenvalue weighted by atomic mass is 9.76. The summed E-state index contributed by atoms with van der Waals surface area (Å²) in [6.45, 7) is 0. The van der Waals surface area contributed by atoms with E-state index in [1.54, 1.807) is 12.3 Å². The van der Waals surface area contributed by atoms with Crippen LogP contribution in [0.2, 0.25) is 0 Å². The van der Waals surface area contributed by atoms with Crippen molar-refractivity contribution in [2.24, 2.45) is 11.8 Å². The molecule has 160 valence electrons. The van der Waals surface area contributed by atoms with Gasteiger partial charge in [-0.15, -0.1) is 0 Å². The number of hydrogen-bond donors (Lipinski definition) is 4. The fraction of sp³-hybridized carbons (Fsp3) is 0.208. The van der Waals surface area contributed by atoms with Crippen LogP contribution in [0.3, 0.4) is 0 Å². The quantitative estimate of drug-likeness (QED) is 0.370. The number of H-pyrrole nitrogens is 1. The Balaban J connectivity index is 1.49. The molecule has 0 spiro atoms. The number of aliphatic carboxylic acids is 1. The first-order valence-electron chi connectivity index (χ1n) is 10.4. The van der Waals surface area contributed by atoms with Gasteiger partial charge in [-0.2, -0.15) is 0 Å². The smallest absolute Gasteiger partial charge is 0.325 e. The SMILES string of the molecule is O=C1NC(=O)C2C1C(c1cc3ccccc3o1)NC2(Cc1c[nH]c2ccccc12)C(=O)O. The van der Waals surface area contributed by atoms with Crippen molar-refractivity contribution < 1.29 is 23.9 Å². The van der Waals surface area contributed by atoms with E-state index < -0.39 is 41.2 Å². The summed E-state index contributed by atoms with van der Waals surface area (Å²) in [5.41, 5.74) is 0.593. The molecule has 8 nitrogen and oxygen atoms in total. The molecule has 0 radical (unpaired) electrons. The Hall–Kier alpha value is -3.91. The maximum atomic E-state index is 12.9. The van der Waals surface area contributed by atoms with Crippen molar-refractivity contribution in [3.8, 4) is 0 Å². The molecule has 4 N–H and O–H groups in total. The van der Waals surface area contributed by atoms with E-state index in [4.69, 9.17) is 4.42 Å². The van der Waals surface area contributed by atoms with E-state index in [0.29, 0.717) is 11.3 Å². The van der Waals surface area contributed by atoms with Crippen LogP contribution in [0.5, 0.6) is 0 Å². The number of nitrogens with one attached hydrogen (secondary N) is 3. The van der Waals surface area contributed by atoms with Gasteiger partial charge in [0, 0.05) is 28.9 Å². The monoisotopic (exact) mass is 429 g/mol. The second-order valence-corrected chi connectivity index (χ2v) is 8.48. The van der Waals surface area contributed by atoms with Crippen molar-refractivity contribution in [3.05, 3.63) is 72.1 Å². The average Bonchev–Trinajstić information content (AvgIpc) is 3.52. The number of aromatic nitrogens is 1. The van der Waals surface area contributed by atoms with E-state index in [0.717, 1.165) is 21.9 Å². The number of imide groups is 1. The highest BCUT2D eigenvalue weighted by Gasteiger charge is 2.67. The number of fused-ring (bicyclic) bond motifs is 3. The molecule has 2 aliphatic heterocycles. The zero-order chi connectivity index (χ0) is 22.0. The Morgan fingerprint density at radius 2 is 1.84 bits per heavy atom. The van der Waals surface area contributed by atoms with Crippen molar-refractivity contribution in [1.29, 1.82) is 0 Å². The lowest BCUT2D eigenvalue weighted by molar-refractivity contribution is -0.149. The first-order valence-corrected chi connectivity index (χ1v) is 10.4. The van der Waals surface area contributed by atoms with Gasteiger partial charge in [0.25, 0.3) is 0 Å². The number of amides is 2. The summed E-state index contributed by atoms with van der Waals surface area (Å²) in [7, 11) is 0. The van der Waals surface area contributed by atoms with Crippen LogP contribution in [0.4, 0.5) is 0 Å². The van der Waals surface area contributed by atoms with E-state index in [-0.39, 0.29) is 6.42 Å². The minimum Gasteiger partial charge on any atom is -0.480 e. The van der Waals surface area contributed by atoms with E-state index in [9.17, 15) is 19.5 Å². The molecule has 2 amide bonds. The summed E-state index contributed by atoms with van der Waals surface area (Å²) in [5, 5.41) is 17.6. The van der Waals surface area contributed by atoms with Crippen molar-refractivity contribution in [2.45, 2.75) is 18.0 Å². The topological polar surface area (TPSA) is 124 Å². The number of benzene rings is 2. The van der Waals surface area contributed by atoms with Crippen LogP contribution in [0.15, 0.2) is 65.2 Å². The maximum Gasteiger partial charge on any atom is 0.325 e. The molecule has 0 aliphatic carbocycles. The molecule has 8 heteroatoms. The average molecular weight is 429 g/mol. The van der Waals surface area contributed by atoms with Gasteiger partial charge >= 0.3 is 5.97 Å². The highest BCUT2D eigenvalue weighted by atomic mass is 16.4. The van der Waals surface area contributed by atoms with Crippen LogP contribution >= 0.6 is 0 Å². The van der Waals surface area contributed by atoms with Gasteiger partial charge in [-0.05, 0) is 23.8 Å². The van der Waals surface area contributed by atoms with Crippen LogP contribution in [0.25, 0.3) is 21.9 Å². The normalized spacial score (nSPS) is 27.2. The molecule has 4 unspecified atom stereocenters. The van der Waals surface area contributed by atoms with Crippen molar-refractivity contribution in [3.63, 3.8) is 0 Å². The first kappa shape index (κ1) is 18.8. The summed E-state index contributed by atoms with van der Waals surface area (Å²) >= 11 is 0. The number of furan rings is 1. The molecule has 4 heterocycles. The van der Waals surface area contributed by atoms with Gasteiger partial charge in [0.15, 0.2) is 0 Å². The van der Waals surface area contributed by atoms with Gasteiger partial charge in [0.2, 0.25) is 11.8 Å². The number of aromatic amines is 1. The highest BCUT2D eigenvalue weighted by Crippen LogP contribution is 2.48. The fourth-order valence-corrected chi connectivity index (χ4v) is 5.34.